The van der Waals surface area contributed by atoms with E-state index in [1.807, 2.05) is 0 Å². The quantitative estimate of drug-likeness (QED) is 0.652. The Balaban J connectivity index is 3.76. The van der Waals surface area contributed by atoms with Gasteiger partial charge in [0.15, 0.2) is 0 Å². The summed E-state index contributed by atoms with van der Waals surface area (Å²) in [4.78, 5) is 33.0. The lowest BCUT2D eigenvalue weighted by molar-refractivity contribution is -0.120. The highest BCUT2D eigenvalue weighted by molar-refractivity contribution is 5.95. The number of amides is 3. The number of urea groups is 1. The van der Waals surface area contributed by atoms with Gasteiger partial charge in [-0.25, -0.2) is 4.79 Å². The third-order valence-electron chi connectivity index (χ3n) is 2.73. The maximum Gasteiger partial charge on any atom is 0.321 e. The van der Waals surface area contributed by atoms with Crippen LogP contribution >= 0.6 is 0 Å². The lowest BCUT2D eigenvalue weighted by atomic mass is 9.99. The van der Waals surface area contributed by atoms with Crippen LogP contribution in [-0.2, 0) is 9.59 Å². The number of hydrogen-bond donors (Lipinski definition) is 2. The van der Waals surface area contributed by atoms with E-state index >= 15 is 0 Å². The van der Waals surface area contributed by atoms with Crippen LogP contribution in [0.5, 0.6) is 0 Å². The zero-order chi connectivity index (χ0) is 14.0. The minimum absolute atomic E-state index is 0.297. The van der Waals surface area contributed by atoms with Crippen LogP contribution in [0.4, 0.5) is 4.79 Å². The van der Waals surface area contributed by atoms with Crippen LogP contribution in [-0.4, -0.2) is 24.3 Å². The SMILES string of the molecule is CCCCC(C)CCC(=O)NC(=O)NC(C)C=O. The smallest absolute Gasteiger partial charge is 0.321 e. The van der Waals surface area contributed by atoms with Gasteiger partial charge in [0.05, 0.1) is 6.04 Å². The fourth-order valence-electron chi connectivity index (χ4n) is 1.54. The Kier molecular flexibility index (Phi) is 8.88. The maximum absolute atomic E-state index is 11.4. The van der Waals surface area contributed by atoms with Gasteiger partial charge >= 0.3 is 6.03 Å². The van der Waals surface area contributed by atoms with Gasteiger partial charge in [-0.2, -0.15) is 0 Å². The van der Waals surface area contributed by atoms with Crippen molar-refractivity contribution in [1.82, 2.24) is 10.6 Å². The standard InChI is InChI=1S/C13H24N2O3/c1-4-5-6-10(2)7-8-12(17)15-13(18)14-11(3)9-16/h9-11H,4-8H2,1-3H3,(H2,14,15,17,18). The molecule has 0 aliphatic rings. The van der Waals surface area contributed by atoms with E-state index in [-0.39, 0.29) is 5.91 Å². The first-order valence-corrected chi connectivity index (χ1v) is 6.55. The summed E-state index contributed by atoms with van der Waals surface area (Å²) in [6.45, 7) is 5.79. The predicted molar refractivity (Wildman–Crippen MR) is 70.1 cm³/mol. The summed E-state index contributed by atoms with van der Waals surface area (Å²) in [6, 6.07) is -1.19. The van der Waals surface area contributed by atoms with Crippen molar-refractivity contribution in [2.24, 2.45) is 5.92 Å². The lowest BCUT2D eigenvalue weighted by Gasteiger charge is -2.11. The predicted octanol–water partition coefficient (Wildman–Crippen LogP) is 2.01. The minimum Gasteiger partial charge on any atom is -0.329 e. The highest BCUT2D eigenvalue weighted by Crippen LogP contribution is 2.13. The summed E-state index contributed by atoms with van der Waals surface area (Å²) < 4.78 is 0. The molecule has 104 valence electrons. The van der Waals surface area contributed by atoms with E-state index in [1.165, 1.54) is 6.42 Å². The van der Waals surface area contributed by atoms with E-state index in [2.05, 4.69) is 24.5 Å². The van der Waals surface area contributed by atoms with E-state index in [0.29, 0.717) is 18.6 Å². The Morgan fingerprint density at radius 2 is 1.89 bits per heavy atom. The van der Waals surface area contributed by atoms with Crippen molar-refractivity contribution in [2.45, 2.75) is 58.9 Å². The second-order valence-electron chi connectivity index (χ2n) is 4.73. The third-order valence-corrected chi connectivity index (χ3v) is 2.73. The zero-order valence-corrected chi connectivity index (χ0v) is 11.5. The number of rotatable bonds is 8. The second-order valence-corrected chi connectivity index (χ2v) is 4.73. The molecule has 5 nitrogen and oxygen atoms in total. The molecule has 0 fully saturated rings. The molecule has 0 heterocycles. The number of aldehydes is 1. The van der Waals surface area contributed by atoms with Crippen LogP contribution in [0.25, 0.3) is 0 Å². The normalized spacial score (nSPS) is 13.5. The van der Waals surface area contributed by atoms with Gasteiger partial charge in [0.1, 0.15) is 6.29 Å². The average Bonchev–Trinajstić information content (AvgIpc) is 2.33. The molecule has 3 amide bonds. The van der Waals surface area contributed by atoms with E-state index in [4.69, 9.17) is 0 Å². The molecule has 0 saturated heterocycles. The van der Waals surface area contributed by atoms with Gasteiger partial charge in [-0.05, 0) is 19.3 Å². The van der Waals surface area contributed by atoms with E-state index in [9.17, 15) is 14.4 Å². The summed E-state index contributed by atoms with van der Waals surface area (Å²) in [5, 5.41) is 4.55. The Labute approximate surface area is 109 Å². The molecule has 5 heteroatoms. The fraction of sp³-hybridized carbons (Fsp3) is 0.769. The number of unbranched alkanes of at least 4 members (excludes halogenated alkanes) is 1. The van der Waals surface area contributed by atoms with E-state index in [0.717, 1.165) is 19.3 Å². The molecule has 0 spiro atoms. The molecule has 2 N–H and O–H groups in total. The summed E-state index contributed by atoms with van der Waals surface area (Å²) in [5.41, 5.74) is 0. The van der Waals surface area contributed by atoms with Crippen LogP contribution in [0.3, 0.4) is 0 Å². The fourth-order valence-corrected chi connectivity index (χ4v) is 1.54. The molecule has 2 unspecified atom stereocenters. The van der Waals surface area contributed by atoms with Gasteiger partial charge in [0, 0.05) is 6.42 Å². The van der Waals surface area contributed by atoms with Crippen molar-refractivity contribution in [2.75, 3.05) is 0 Å². The summed E-state index contributed by atoms with van der Waals surface area (Å²) in [6.07, 6.45) is 5.16. The molecular weight excluding hydrogens is 232 g/mol. The maximum atomic E-state index is 11.4. The molecule has 0 saturated carbocycles. The number of carbonyl (C=O) groups excluding carboxylic acids is 3. The topological polar surface area (TPSA) is 75.3 Å². The molecule has 0 aromatic rings. The Bertz CT molecular complexity index is 279. The second kappa shape index (κ2) is 9.62. The van der Waals surface area contributed by atoms with E-state index < -0.39 is 12.1 Å². The largest absolute Gasteiger partial charge is 0.329 e. The highest BCUT2D eigenvalue weighted by atomic mass is 16.2. The van der Waals surface area contributed by atoms with Crippen LogP contribution in [0.2, 0.25) is 0 Å². The van der Waals surface area contributed by atoms with Gasteiger partial charge in [0.2, 0.25) is 5.91 Å². The molecule has 0 aromatic carbocycles. The van der Waals surface area contributed by atoms with Gasteiger partial charge in [0.25, 0.3) is 0 Å². The number of hydrogen-bond acceptors (Lipinski definition) is 3. The Morgan fingerprint density at radius 1 is 1.22 bits per heavy atom. The van der Waals surface area contributed by atoms with Gasteiger partial charge in [-0.3, -0.25) is 10.1 Å². The van der Waals surface area contributed by atoms with Crippen molar-refractivity contribution < 1.29 is 14.4 Å². The molecule has 0 radical (unpaired) electrons. The summed E-state index contributed by atoms with van der Waals surface area (Å²) in [7, 11) is 0. The lowest BCUT2D eigenvalue weighted by Crippen LogP contribution is -2.44. The molecule has 0 rings (SSSR count). The van der Waals surface area contributed by atoms with Crippen LogP contribution in [0.1, 0.15) is 52.9 Å². The van der Waals surface area contributed by atoms with Crippen molar-refractivity contribution in [3.63, 3.8) is 0 Å². The minimum atomic E-state index is -0.610. The monoisotopic (exact) mass is 256 g/mol. The first kappa shape index (κ1) is 16.6. The van der Waals surface area contributed by atoms with Crippen molar-refractivity contribution in [1.29, 1.82) is 0 Å². The molecule has 0 bridgehead atoms. The number of nitrogens with one attached hydrogen (secondary N) is 2. The van der Waals surface area contributed by atoms with Crippen molar-refractivity contribution in [3.05, 3.63) is 0 Å². The first-order chi connectivity index (χ1) is 8.49. The summed E-state index contributed by atoms with van der Waals surface area (Å²) >= 11 is 0. The number of carbonyl (C=O) groups is 3. The molecular formula is C13H24N2O3. The van der Waals surface area contributed by atoms with Crippen LogP contribution in [0.15, 0.2) is 0 Å². The molecule has 0 aliphatic carbocycles. The average molecular weight is 256 g/mol. The Hall–Kier alpha value is -1.39. The van der Waals surface area contributed by atoms with E-state index in [1.54, 1.807) is 6.92 Å². The molecule has 18 heavy (non-hydrogen) atoms. The van der Waals surface area contributed by atoms with Gasteiger partial charge in [-0.1, -0.05) is 33.1 Å². The highest BCUT2D eigenvalue weighted by Gasteiger charge is 2.11. The Morgan fingerprint density at radius 3 is 2.44 bits per heavy atom. The van der Waals surface area contributed by atoms with Crippen molar-refractivity contribution in [3.8, 4) is 0 Å². The molecule has 2 atom stereocenters. The molecule has 0 aliphatic heterocycles. The van der Waals surface area contributed by atoms with Gasteiger partial charge in [-0.15, -0.1) is 0 Å². The number of imide groups is 1. The first-order valence-electron chi connectivity index (χ1n) is 6.55. The van der Waals surface area contributed by atoms with Gasteiger partial charge < -0.3 is 10.1 Å². The zero-order valence-electron chi connectivity index (χ0n) is 11.5. The van der Waals surface area contributed by atoms with Crippen LogP contribution in [0, 0.1) is 5.92 Å². The molecule has 0 aromatic heterocycles. The third kappa shape index (κ3) is 8.73. The summed E-state index contributed by atoms with van der Waals surface area (Å²) in [5.74, 6) is 0.196. The van der Waals surface area contributed by atoms with Crippen molar-refractivity contribution >= 4 is 18.2 Å². The van der Waals surface area contributed by atoms with Crippen LogP contribution < -0.4 is 10.6 Å².